The maximum Gasteiger partial charge on any atom is 0.159 e. The first-order valence-electron chi connectivity index (χ1n) is 13.9. The molecule has 0 fully saturated rings. The Hall–Kier alpha value is -3.14. The third-order valence-corrected chi connectivity index (χ3v) is 7.60. The van der Waals surface area contributed by atoms with Crippen LogP contribution in [0.25, 0.3) is 38.8 Å². The predicted octanol–water partition coefficient (Wildman–Crippen LogP) is 10.5. The van der Waals surface area contributed by atoms with Crippen molar-refractivity contribution < 1.29 is 8.81 Å². The highest BCUT2D eigenvalue weighted by Crippen LogP contribution is 2.44. The molecular weight excluding hydrogens is 459 g/mol. The van der Waals surface area contributed by atoms with E-state index in [4.69, 9.17) is 9.40 Å². The van der Waals surface area contributed by atoms with E-state index in [9.17, 15) is 0 Å². The SMILES string of the molecule is CC.CCC(F)(CC)c1cccc2c3oc(C)cc3n3c(-c4c(C(C)C)cccc4C(C)C)cnc3c12. The molecule has 0 aliphatic heterocycles. The largest absolute Gasteiger partial charge is 0.459 e. The van der Waals surface area contributed by atoms with Crippen LogP contribution in [0.1, 0.15) is 103 Å². The fourth-order valence-electron chi connectivity index (χ4n) is 5.64. The second kappa shape index (κ2) is 10.3. The molecule has 3 nitrogen and oxygen atoms in total. The van der Waals surface area contributed by atoms with Gasteiger partial charge in [-0.2, -0.15) is 0 Å². The lowest BCUT2D eigenvalue weighted by atomic mass is 9.86. The van der Waals surface area contributed by atoms with Crippen molar-refractivity contribution in [2.24, 2.45) is 0 Å². The monoisotopic (exact) mass is 500 g/mol. The Morgan fingerprint density at radius 1 is 0.946 bits per heavy atom. The van der Waals surface area contributed by atoms with Gasteiger partial charge in [0.05, 0.1) is 17.4 Å². The van der Waals surface area contributed by atoms with Crippen LogP contribution >= 0.6 is 0 Å². The summed E-state index contributed by atoms with van der Waals surface area (Å²) in [7, 11) is 0. The number of benzene rings is 2. The van der Waals surface area contributed by atoms with Gasteiger partial charge in [0.25, 0.3) is 0 Å². The number of imidazole rings is 1. The van der Waals surface area contributed by atoms with Crippen molar-refractivity contribution >= 4 is 27.5 Å². The number of aromatic nitrogens is 2. The maximum atomic E-state index is 16.2. The summed E-state index contributed by atoms with van der Waals surface area (Å²) in [6.45, 7) is 18.7. The van der Waals surface area contributed by atoms with E-state index in [1.54, 1.807) is 0 Å². The van der Waals surface area contributed by atoms with E-state index in [1.807, 2.05) is 59.0 Å². The van der Waals surface area contributed by atoms with Gasteiger partial charge in [0, 0.05) is 28.0 Å². The smallest absolute Gasteiger partial charge is 0.159 e. The minimum absolute atomic E-state index is 0.352. The Balaban J connectivity index is 0.00000156. The summed E-state index contributed by atoms with van der Waals surface area (Å²) in [6, 6.07) is 14.6. The molecule has 0 aliphatic rings. The summed E-state index contributed by atoms with van der Waals surface area (Å²) in [5.74, 6) is 1.54. The van der Waals surface area contributed by atoms with Crippen LogP contribution in [-0.2, 0) is 5.67 Å². The number of alkyl halides is 1. The van der Waals surface area contributed by atoms with E-state index < -0.39 is 5.67 Å². The number of hydrogen-bond donors (Lipinski definition) is 0. The van der Waals surface area contributed by atoms with Crippen LogP contribution in [0.5, 0.6) is 0 Å². The lowest BCUT2D eigenvalue weighted by Crippen LogP contribution is -2.18. The first-order chi connectivity index (χ1) is 17.7. The van der Waals surface area contributed by atoms with Crippen LogP contribution in [0.15, 0.2) is 53.1 Å². The van der Waals surface area contributed by atoms with E-state index in [0.29, 0.717) is 30.2 Å². The molecule has 37 heavy (non-hydrogen) atoms. The highest BCUT2D eigenvalue weighted by Gasteiger charge is 2.32. The minimum Gasteiger partial charge on any atom is -0.459 e. The topological polar surface area (TPSA) is 30.4 Å². The lowest BCUT2D eigenvalue weighted by Gasteiger charge is -2.25. The van der Waals surface area contributed by atoms with Crippen molar-refractivity contribution in [2.75, 3.05) is 0 Å². The zero-order valence-corrected chi connectivity index (χ0v) is 23.9. The third kappa shape index (κ3) is 4.24. The lowest BCUT2D eigenvalue weighted by molar-refractivity contribution is 0.154. The summed E-state index contributed by atoms with van der Waals surface area (Å²) < 4.78 is 24.7. The van der Waals surface area contributed by atoms with Gasteiger partial charge >= 0.3 is 0 Å². The number of hydrogen-bond acceptors (Lipinski definition) is 2. The van der Waals surface area contributed by atoms with Gasteiger partial charge in [0.15, 0.2) is 5.58 Å². The summed E-state index contributed by atoms with van der Waals surface area (Å²) in [5.41, 5.74) is 6.65. The highest BCUT2D eigenvalue weighted by molar-refractivity contribution is 6.12. The van der Waals surface area contributed by atoms with Crippen molar-refractivity contribution in [1.82, 2.24) is 9.38 Å². The first-order valence-corrected chi connectivity index (χ1v) is 13.9. The Labute approximate surface area is 220 Å². The first kappa shape index (κ1) is 26.9. The number of pyridine rings is 1. The van der Waals surface area contributed by atoms with Crippen LogP contribution in [0.4, 0.5) is 4.39 Å². The molecule has 0 bridgehead atoms. The fourth-order valence-corrected chi connectivity index (χ4v) is 5.64. The molecule has 4 heteroatoms. The molecule has 196 valence electrons. The predicted molar refractivity (Wildman–Crippen MR) is 156 cm³/mol. The Kier molecular flexibility index (Phi) is 7.50. The second-order valence-corrected chi connectivity index (χ2v) is 10.4. The van der Waals surface area contributed by atoms with Crippen molar-refractivity contribution in [2.45, 2.75) is 92.7 Å². The molecule has 0 radical (unpaired) electrons. The summed E-state index contributed by atoms with van der Waals surface area (Å²) in [5, 5.41) is 1.76. The second-order valence-electron chi connectivity index (χ2n) is 10.4. The Bertz CT molecular complexity index is 1520. The van der Waals surface area contributed by atoms with E-state index in [-0.39, 0.29) is 0 Å². The van der Waals surface area contributed by atoms with Gasteiger partial charge in [0.2, 0.25) is 0 Å². The van der Waals surface area contributed by atoms with Crippen molar-refractivity contribution in [3.05, 3.63) is 71.1 Å². The van der Waals surface area contributed by atoms with Gasteiger partial charge in [-0.15, -0.1) is 0 Å². The zero-order valence-electron chi connectivity index (χ0n) is 23.9. The quantitative estimate of drug-likeness (QED) is 0.232. The number of nitrogens with zero attached hydrogens (tertiary/aromatic N) is 2. The average Bonchev–Trinajstić information content (AvgIpc) is 3.52. The van der Waals surface area contributed by atoms with Gasteiger partial charge < -0.3 is 4.42 Å². The molecule has 5 rings (SSSR count). The van der Waals surface area contributed by atoms with Gasteiger partial charge in [0.1, 0.15) is 17.1 Å². The van der Waals surface area contributed by atoms with Gasteiger partial charge in [-0.1, -0.05) is 91.8 Å². The molecule has 0 saturated carbocycles. The van der Waals surface area contributed by atoms with E-state index >= 15 is 4.39 Å². The molecule has 0 N–H and O–H groups in total. The van der Waals surface area contributed by atoms with Crippen LogP contribution < -0.4 is 0 Å². The van der Waals surface area contributed by atoms with E-state index in [2.05, 4.69) is 56.4 Å². The maximum absolute atomic E-state index is 16.2. The standard InChI is InChI=1S/C31H35FN2O.C2H6/c1-8-31(32,9-2)24-15-11-14-23-28(24)30-33-17-26(34(30)25-16-20(7)35-29(23)25)27-21(18(3)4)12-10-13-22(27)19(5)6;1-2/h10-19H,8-9H2,1-7H3;1-2H3. The van der Waals surface area contributed by atoms with Crippen molar-refractivity contribution in [3.8, 4) is 11.3 Å². The fraction of sp³-hybridized carbons (Fsp3) is 0.424. The van der Waals surface area contributed by atoms with Crippen LogP contribution in [0, 0.1) is 6.92 Å². The van der Waals surface area contributed by atoms with Gasteiger partial charge in [-0.25, -0.2) is 9.37 Å². The number of rotatable bonds is 6. The Morgan fingerprint density at radius 3 is 2.11 bits per heavy atom. The molecule has 0 atom stereocenters. The average molecular weight is 501 g/mol. The highest BCUT2D eigenvalue weighted by atomic mass is 19.1. The molecule has 0 saturated heterocycles. The third-order valence-electron chi connectivity index (χ3n) is 7.60. The Morgan fingerprint density at radius 2 is 1.54 bits per heavy atom. The molecule has 2 aromatic carbocycles. The molecule has 0 aliphatic carbocycles. The van der Waals surface area contributed by atoms with E-state index in [0.717, 1.165) is 39.0 Å². The van der Waals surface area contributed by atoms with Crippen LogP contribution in [0.3, 0.4) is 0 Å². The number of aryl methyl sites for hydroxylation is 1. The van der Waals surface area contributed by atoms with Crippen LogP contribution in [-0.4, -0.2) is 9.38 Å². The summed E-state index contributed by atoms with van der Waals surface area (Å²) in [6.07, 6.45) is 2.79. The van der Waals surface area contributed by atoms with Crippen LogP contribution in [0.2, 0.25) is 0 Å². The van der Waals surface area contributed by atoms with Crippen molar-refractivity contribution in [3.63, 3.8) is 0 Å². The molecule has 5 aromatic rings. The van der Waals surface area contributed by atoms with Gasteiger partial charge in [-0.05, 0) is 42.7 Å². The van der Waals surface area contributed by atoms with Gasteiger partial charge in [-0.3, -0.25) is 4.40 Å². The number of furan rings is 1. The summed E-state index contributed by atoms with van der Waals surface area (Å²) >= 11 is 0. The molecule has 0 amide bonds. The number of halogens is 1. The number of fused-ring (bicyclic) bond motifs is 6. The van der Waals surface area contributed by atoms with E-state index in [1.165, 1.54) is 16.7 Å². The molecule has 0 spiro atoms. The zero-order chi connectivity index (χ0) is 27.1. The molecule has 3 heterocycles. The molecular formula is C33H41FN2O. The molecule has 0 unspecified atom stereocenters. The van der Waals surface area contributed by atoms with Crippen molar-refractivity contribution in [1.29, 1.82) is 0 Å². The normalized spacial score (nSPS) is 12.2. The molecule has 3 aromatic heterocycles. The summed E-state index contributed by atoms with van der Waals surface area (Å²) in [4.78, 5) is 4.98. The minimum atomic E-state index is -1.43.